The summed E-state index contributed by atoms with van der Waals surface area (Å²) in [6.45, 7) is 1.80. The Morgan fingerprint density at radius 1 is 1.44 bits per heavy atom. The Hall–Kier alpha value is -1.82. The number of methoxy groups -OCH3 is 1. The Morgan fingerprint density at radius 2 is 2.25 bits per heavy atom. The molecule has 2 heterocycles. The Balaban J connectivity index is 2.35. The molecule has 0 fully saturated rings. The van der Waals surface area contributed by atoms with Crippen LogP contribution in [0.1, 0.15) is 16.3 Å². The number of nitrogens with zero attached hydrogens (tertiary/aromatic N) is 3. The SMILES string of the molecule is COC(=O)c1csc(-c2ccnc(C)n2)n1. The zero-order valence-corrected chi connectivity index (χ0v) is 9.61. The average Bonchev–Trinajstić information content (AvgIpc) is 2.77. The van der Waals surface area contributed by atoms with Gasteiger partial charge in [0.1, 0.15) is 16.5 Å². The topological polar surface area (TPSA) is 65.0 Å². The van der Waals surface area contributed by atoms with Gasteiger partial charge in [0, 0.05) is 11.6 Å². The summed E-state index contributed by atoms with van der Waals surface area (Å²) < 4.78 is 4.58. The second-order valence-corrected chi connectivity index (χ2v) is 3.88. The van der Waals surface area contributed by atoms with Crippen LogP contribution in [0.5, 0.6) is 0 Å². The largest absolute Gasteiger partial charge is 0.464 e. The van der Waals surface area contributed by atoms with Crippen molar-refractivity contribution in [3.63, 3.8) is 0 Å². The van der Waals surface area contributed by atoms with E-state index in [0.717, 1.165) is 0 Å². The summed E-state index contributed by atoms with van der Waals surface area (Å²) in [5.41, 5.74) is 1.02. The predicted molar refractivity (Wildman–Crippen MR) is 59.2 cm³/mol. The lowest BCUT2D eigenvalue weighted by Crippen LogP contribution is -2.01. The number of ether oxygens (including phenoxy) is 1. The summed E-state index contributed by atoms with van der Waals surface area (Å²) in [5.74, 6) is 0.237. The van der Waals surface area contributed by atoms with Gasteiger partial charge in [-0.1, -0.05) is 0 Å². The normalized spacial score (nSPS) is 10.1. The van der Waals surface area contributed by atoms with Gasteiger partial charge in [-0.3, -0.25) is 0 Å². The van der Waals surface area contributed by atoms with Crippen molar-refractivity contribution < 1.29 is 9.53 Å². The van der Waals surface area contributed by atoms with E-state index in [1.165, 1.54) is 18.4 Å². The molecule has 2 aromatic rings. The van der Waals surface area contributed by atoms with Crippen molar-refractivity contribution in [2.24, 2.45) is 0 Å². The van der Waals surface area contributed by atoms with Crippen molar-refractivity contribution in [1.82, 2.24) is 15.0 Å². The first kappa shape index (κ1) is 10.7. The van der Waals surface area contributed by atoms with E-state index in [2.05, 4.69) is 19.7 Å². The number of esters is 1. The van der Waals surface area contributed by atoms with Crippen LogP contribution in [0.2, 0.25) is 0 Å². The van der Waals surface area contributed by atoms with Crippen LogP contribution in [0, 0.1) is 6.92 Å². The first-order valence-corrected chi connectivity index (χ1v) is 5.42. The van der Waals surface area contributed by atoms with Crippen molar-refractivity contribution in [2.45, 2.75) is 6.92 Å². The number of aryl methyl sites for hydroxylation is 1. The minimum atomic E-state index is -0.437. The molecule has 82 valence electrons. The Bertz CT molecular complexity index is 524. The fourth-order valence-corrected chi connectivity index (χ4v) is 1.92. The Kier molecular flexibility index (Phi) is 2.91. The van der Waals surface area contributed by atoms with Gasteiger partial charge in [-0.15, -0.1) is 11.3 Å². The number of hydrogen-bond acceptors (Lipinski definition) is 6. The lowest BCUT2D eigenvalue weighted by Gasteiger charge is -1.95. The highest BCUT2D eigenvalue weighted by molar-refractivity contribution is 7.13. The van der Waals surface area contributed by atoms with Crippen molar-refractivity contribution in [2.75, 3.05) is 7.11 Å². The summed E-state index contributed by atoms with van der Waals surface area (Å²) in [4.78, 5) is 23.6. The molecule has 0 bridgehead atoms. The van der Waals surface area contributed by atoms with Crippen LogP contribution in [0.4, 0.5) is 0 Å². The van der Waals surface area contributed by atoms with E-state index in [9.17, 15) is 4.79 Å². The smallest absolute Gasteiger partial charge is 0.357 e. The van der Waals surface area contributed by atoms with E-state index < -0.39 is 5.97 Å². The van der Waals surface area contributed by atoms with Gasteiger partial charge in [0.15, 0.2) is 5.69 Å². The van der Waals surface area contributed by atoms with Crippen LogP contribution in [0.15, 0.2) is 17.6 Å². The fourth-order valence-electron chi connectivity index (χ4n) is 1.17. The number of aromatic nitrogens is 3. The third-order valence-corrected chi connectivity index (χ3v) is 2.76. The molecule has 0 aliphatic heterocycles. The molecule has 0 saturated carbocycles. The molecule has 0 aromatic carbocycles. The number of carbonyl (C=O) groups excluding carboxylic acids is 1. The molecular weight excluding hydrogens is 226 g/mol. The highest BCUT2D eigenvalue weighted by atomic mass is 32.1. The van der Waals surface area contributed by atoms with Crippen LogP contribution in [-0.4, -0.2) is 28.0 Å². The fraction of sp³-hybridized carbons (Fsp3) is 0.200. The van der Waals surface area contributed by atoms with Gasteiger partial charge in [0.05, 0.1) is 7.11 Å². The summed E-state index contributed by atoms with van der Waals surface area (Å²) in [5, 5.41) is 2.34. The molecule has 0 spiro atoms. The van der Waals surface area contributed by atoms with Gasteiger partial charge in [-0.05, 0) is 13.0 Å². The Morgan fingerprint density at radius 3 is 2.94 bits per heavy atom. The van der Waals surface area contributed by atoms with Gasteiger partial charge >= 0.3 is 5.97 Å². The molecule has 0 unspecified atom stereocenters. The van der Waals surface area contributed by atoms with Gasteiger partial charge in [0.2, 0.25) is 0 Å². The molecule has 0 aliphatic carbocycles. The lowest BCUT2D eigenvalue weighted by molar-refractivity contribution is 0.0595. The maximum absolute atomic E-state index is 11.2. The molecule has 2 aromatic heterocycles. The summed E-state index contributed by atoms with van der Waals surface area (Å²) >= 11 is 1.35. The third-order valence-electron chi connectivity index (χ3n) is 1.89. The van der Waals surface area contributed by atoms with E-state index in [1.54, 1.807) is 24.6 Å². The maximum Gasteiger partial charge on any atom is 0.357 e. The molecule has 0 saturated heterocycles. The molecule has 2 rings (SSSR count). The van der Waals surface area contributed by atoms with Gasteiger partial charge in [-0.25, -0.2) is 19.7 Å². The summed E-state index contributed by atoms with van der Waals surface area (Å²) in [7, 11) is 1.33. The maximum atomic E-state index is 11.2. The van der Waals surface area contributed by atoms with Crippen LogP contribution in [0.25, 0.3) is 10.7 Å². The standard InChI is InChI=1S/C10H9N3O2S/c1-6-11-4-3-7(12-6)9-13-8(5-16-9)10(14)15-2/h3-5H,1-2H3. The van der Waals surface area contributed by atoms with E-state index in [4.69, 9.17) is 0 Å². The highest BCUT2D eigenvalue weighted by Crippen LogP contribution is 2.21. The van der Waals surface area contributed by atoms with E-state index >= 15 is 0 Å². The molecular formula is C10H9N3O2S. The van der Waals surface area contributed by atoms with Gasteiger partial charge in [0.25, 0.3) is 0 Å². The van der Waals surface area contributed by atoms with Crippen LogP contribution in [0.3, 0.4) is 0 Å². The molecule has 6 heteroatoms. The van der Waals surface area contributed by atoms with E-state index in [0.29, 0.717) is 22.2 Å². The second kappa shape index (κ2) is 4.36. The summed E-state index contributed by atoms with van der Waals surface area (Å²) in [6.07, 6.45) is 1.66. The van der Waals surface area contributed by atoms with Gasteiger partial charge < -0.3 is 4.74 Å². The van der Waals surface area contributed by atoms with Crippen molar-refractivity contribution in [3.05, 3.63) is 29.2 Å². The first-order chi connectivity index (χ1) is 7.70. The number of carbonyl (C=O) groups is 1. The average molecular weight is 235 g/mol. The van der Waals surface area contributed by atoms with Crippen molar-refractivity contribution in [1.29, 1.82) is 0 Å². The highest BCUT2D eigenvalue weighted by Gasteiger charge is 2.12. The lowest BCUT2D eigenvalue weighted by atomic mass is 10.4. The zero-order valence-electron chi connectivity index (χ0n) is 8.80. The number of hydrogen-bond donors (Lipinski definition) is 0. The predicted octanol–water partition coefficient (Wildman–Crippen LogP) is 1.70. The molecule has 0 N–H and O–H groups in total. The molecule has 16 heavy (non-hydrogen) atoms. The van der Waals surface area contributed by atoms with Crippen LogP contribution < -0.4 is 0 Å². The quantitative estimate of drug-likeness (QED) is 0.741. The molecule has 0 aliphatic rings. The zero-order chi connectivity index (χ0) is 11.5. The second-order valence-electron chi connectivity index (χ2n) is 3.02. The van der Waals surface area contributed by atoms with Crippen LogP contribution in [-0.2, 0) is 4.74 Å². The van der Waals surface area contributed by atoms with Gasteiger partial charge in [-0.2, -0.15) is 0 Å². The van der Waals surface area contributed by atoms with Crippen LogP contribution >= 0.6 is 11.3 Å². The number of rotatable bonds is 2. The first-order valence-electron chi connectivity index (χ1n) is 4.54. The Labute approximate surface area is 96.2 Å². The molecule has 0 amide bonds. The van der Waals surface area contributed by atoms with Crippen molar-refractivity contribution >= 4 is 17.3 Å². The minimum absolute atomic E-state index is 0.304. The van der Waals surface area contributed by atoms with Crippen molar-refractivity contribution in [3.8, 4) is 10.7 Å². The molecule has 0 atom stereocenters. The third kappa shape index (κ3) is 2.06. The van der Waals surface area contributed by atoms with E-state index in [1.807, 2.05) is 0 Å². The monoisotopic (exact) mass is 235 g/mol. The molecule has 5 nitrogen and oxygen atoms in total. The molecule has 0 radical (unpaired) electrons. The minimum Gasteiger partial charge on any atom is -0.464 e. The summed E-state index contributed by atoms with van der Waals surface area (Å²) in [6, 6.07) is 1.76. The number of thiazole rings is 1. The van der Waals surface area contributed by atoms with E-state index in [-0.39, 0.29) is 0 Å².